The van der Waals surface area contributed by atoms with Gasteiger partial charge in [-0.25, -0.2) is 0 Å². The Morgan fingerprint density at radius 3 is 2.69 bits per heavy atom. The van der Waals surface area contributed by atoms with Crippen LogP contribution in [0.25, 0.3) is 0 Å². The van der Waals surface area contributed by atoms with Crippen LogP contribution in [0.5, 0.6) is 0 Å². The lowest BCUT2D eigenvalue weighted by Gasteiger charge is -2.18. The normalized spacial score (nSPS) is 25.8. The Kier molecular flexibility index (Phi) is 5.08. The van der Waals surface area contributed by atoms with Crippen LogP contribution in [0.3, 0.4) is 0 Å². The smallest absolute Gasteiger partial charge is 0.230 e. The predicted molar refractivity (Wildman–Crippen MR) is 67.6 cm³/mol. The van der Waals surface area contributed by atoms with E-state index in [2.05, 4.69) is 31.4 Å². The monoisotopic (exact) mass is 246 g/mol. The molecule has 1 fully saturated rings. The van der Waals surface area contributed by atoms with Crippen molar-refractivity contribution in [2.24, 2.45) is 5.92 Å². The van der Waals surface area contributed by atoms with E-state index in [0.29, 0.717) is 18.8 Å². The van der Waals surface area contributed by atoms with Gasteiger partial charge in [-0.2, -0.15) is 0 Å². The van der Waals surface area contributed by atoms with E-state index in [1.54, 1.807) is 11.8 Å². The number of hydrogen-bond acceptors (Lipinski definition) is 4. The predicted octanol–water partition coefficient (Wildman–Crippen LogP) is 0.215. The maximum absolute atomic E-state index is 11.5. The van der Waals surface area contributed by atoms with Crippen molar-refractivity contribution in [1.82, 2.24) is 10.6 Å². The van der Waals surface area contributed by atoms with Crippen molar-refractivity contribution in [2.45, 2.75) is 31.6 Å². The molecule has 0 saturated carbocycles. The van der Waals surface area contributed by atoms with Crippen molar-refractivity contribution in [3.05, 3.63) is 0 Å². The van der Waals surface area contributed by atoms with Gasteiger partial charge in [0.05, 0.1) is 11.9 Å². The first kappa shape index (κ1) is 13.8. The summed E-state index contributed by atoms with van der Waals surface area (Å²) in [6.45, 7) is 8.27. The highest BCUT2D eigenvalue weighted by atomic mass is 32.2. The van der Waals surface area contributed by atoms with Crippen LogP contribution in [0.1, 0.15) is 20.8 Å². The van der Waals surface area contributed by atoms with Gasteiger partial charge in [0.2, 0.25) is 5.91 Å². The summed E-state index contributed by atoms with van der Waals surface area (Å²) in [5.74, 6) is 0.697. The molecule has 0 aromatic heterocycles. The van der Waals surface area contributed by atoms with E-state index in [-0.39, 0.29) is 22.7 Å². The first-order valence-electron chi connectivity index (χ1n) is 5.68. The highest BCUT2D eigenvalue weighted by Crippen LogP contribution is 2.22. The Balaban J connectivity index is 2.15. The molecule has 2 atom stereocenters. The van der Waals surface area contributed by atoms with Gasteiger partial charge in [-0.05, 0) is 0 Å². The topological polar surface area (TPSA) is 61.4 Å². The van der Waals surface area contributed by atoms with Gasteiger partial charge in [-0.3, -0.25) is 4.79 Å². The lowest BCUT2D eigenvalue weighted by atomic mass is 10.1. The average Bonchev–Trinajstić information content (AvgIpc) is 2.57. The first-order valence-corrected chi connectivity index (χ1v) is 6.66. The molecule has 1 amide bonds. The maximum atomic E-state index is 11.5. The number of nitrogens with one attached hydrogen (secondary N) is 2. The van der Waals surface area contributed by atoms with Crippen LogP contribution in [0.2, 0.25) is 0 Å². The lowest BCUT2D eigenvalue weighted by molar-refractivity contribution is -0.118. The van der Waals surface area contributed by atoms with Crippen LogP contribution >= 0.6 is 11.8 Å². The lowest BCUT2D eigenvalue weighted by Crippen LogP contribution is -2.35. The van der Waals surface area contributed by atoms with Crippen LogP contribution in [-0.2, 0) is 4.79 Å². The third-order valence-corrected chi connectivity index (χ3v) is 3.77. The molecule has 5 heteroatoms. The van der Waals surface area contributed by atoms with Crippen molar-refractivity contribution < 1.29 is 9.90 Å². The van der Waals surface area contributed by atoms with Gasteiger partial charge in [0.15, 0.2) is 0 Å². The van der Waals surface area contributed by atoms with Gasteiger partial charge in [0.25, 0.3) is 0 Å². The van der Waals surface area contributed by atoms with Crippen molar-refractivity contribution >= 4 is 17.7 Å². The third kappa shape index (κ3) is 5.18. The van der Waals surface area contributed by atoms with Crippen LogP contribution in [0, 0.1) is 5.92 Å². The molecule has 1 aliphatic rings. The van der Waals surface area contributed by atoms with Crippen LogP contribution in [0.15, 0.2) is 0 Å². The fourth-order valence-corrected chi connectivity index (χ4v) is 2.17. The zero-order valence-electron chi connectivity index (χ0n) is 10.2. The Bertz CT molecular complexity index is 241. The number of hydrogen-bond donors (Lipinski definition) is 3. The van der Waals surface area contributed by atoms with Gasteiger partial charge in [0.1, 0.15) is 0 Å². The summed E-state index contributed by atoms with van der Waals surface area (Å²) in [7, 11) is 0. The fourth-order valence-electron chi connectivity index (χ4n) is 1.51. The third-order valence-electron chi connectivity index (χ3n) is 2.50. The summed E-state index contributed by atoms with van der Waals surface area (Å²) in [5.41, 5.74) is 0. The number of amides is 1. The van der Waals surface area contributed by atoms with Crippen molar-refractivity contribution in [1.29, 1.82) is 0 Å². The molecular formula is C11H22N2O2S. The zero-order chi connectivity index (χ0) is 12.2. The minimum atomic E-state index is -0.324. The Morgan fingerprint density at radius 2 is 2.19 bits per heavy atom. The second-order valence-electron chi connectivity index (χ2n) is 5.19. The summed E-state index contributed by atoms with van der Waals surface area (Å²) < 4.78 is 0.117. The molecule has 1 heterocycles. The number of rotatable bonds is 4. The molecule has 2 unspecified atom stereocenters. The zero-order valence-corrected chi connectivity index (χ0v) is 11.1. The van der Waals surface area contributed by atoms with E-state index in [9.17, 15) is 9.90 Å². The minimum Gasteiger partial charge on any atom is -0.391 e. The van der Waals surface area contributed by atoms with E-state index in [1.165, 1.54) is 0 Å². The van der Waals surface area contributed by atoms with Crippen LogP contribution in [0.4, 0.5) is 0 Å². The maximum Gasteiger partial charge on any atom is 0.230 e. The molecule has 0 aromatic rings. The summed E-state index contributed by atoms with van der Waals surface area (Å²) in [6.07, 6.45) is -0.324. The van der Waals surface area contributed by atoms with Gasteiger partial charge < -0.3 is 15.7 Å². The molecule has 0 radical (unpaired) electrons. The molecule has 3 N–H and O–H groups in total. The molecule has 1 aliphatic heterocycles. The van der Waals surface area contributed by atoms with Crippen molar-refractivity contribution in [3.63, 3.8) is 0 Å². The van der Waals surface area contributed by atoms with E-state index in [0.717, 1.165) is 6.54 Å². The molecule has 1 rings (SSSR count). The summed E-state index contributed by atoms with van der Waals surface area (Å²) in [4.78, 5) is 11.5. The Hall–Kier alpha value is -0.260. The van der Waals surface area contributed by atoms with Gasteiger partial charge in [-0.1, -0.05) is 20.8 Å². The Labute approximate surface area is 102 Å². The number of carbonyl (C=O) groups excluding carboxylic acids is 1. The number of aliphatic hydroxyl groups is 1. The first-order chi connectivity index (χ1) is 7.38. The minimum absolute atomic E-state index is 0.0547. The van der Waals surface area contributed by atoms with E-state index >= 15 is 0 Å². The molecule has 0 spiro atoms. The second kappa shape index (κ2) is 5.89. The van der Waals surface area contributed by atoms with Gasteiger partial charge in [-0.15, -0.1) is 11.8 Å². The summed E-state index contributed by atoms with van der Waals surface area (Å²) in [6, 6.07) is 0. The number of β-amino-alcohol motifs (C(OH)–C–C–N with tert-alkyl or cyclic N) is 1. The largest absolute Gasteiger partial charge is 0.391 e. The van der Waals surface area contributed by atoms with E-state index in [1.807, 2.05) is 0 Å². The molecule has 0 bridgehead atoms. The van der Waals surface area contributed by atoms with Crippen molar-refractivity contribution in [3.8, 4) is 0 Å². The van der Waals surface area contributed by atoms with Crippen molar-refractivity contribution in [2.75, 3.05) is 25.4 Å². The van der Waals surface area contributed by atoms with Gasteiger partial charge >= 0.3 is 0 Å². The molecule has 0 aliphatic carbocycles. The number of thioether (sulfide) groups is 1. The molecule has 16 heavy (non-hydrogen) atoms. The SMILES string of the molecule is CC(C)(C)SCC(=O)NCC1CNCC1O. The highest BCUT2D eigenvalue weighted by molar-refractivity contribution is 8.01. The van der Waals surface area contributed by atoms with E-state index in [4.69, 9.17) is 0 Å². The molecule has 94 valence electrons. The molecule has 0 aromatic carbocycles. The van der Waals surface area contributed by atoms with Crippen LogP contribution in [-0.4, -0.2) is 47.3 Å². The number of aliphatic hydroxyl groups excluding tert-OH is 1. The molecular weight excluding hydrogens is 224 g/mol. The summed E-state index contributed by atoms with van der Waals surface area (Å²) in [5, 5.41) is 15.5. The fraction of sp³-hybridized carbons (Fsp3) is 0.909. The number of carbonyl (C=O) groups is 1. The average molecular weight is 246 g/mol. The second-order valence-corrected chi connectivity index (χ2v) is 6.99. The Morgan fingerprint density at radius 1 is 1.50 bits per heavy atom. The van der Waals surface area contributed by atoms with Gasteiger partial charge in [0, 0.05) is 30.3 Å². The quantitative estimate of drug-likeness (QED) is 0.664. The molecule has 4 nitrogen and oxygen atoms in total. The standard InChI is InChI=1S/C11H22N2O2S/c1-11(2,3)16-7-10(15)13-5-8-4-12-6-9(8)14/h8-9,12,14H,4-7H2,1-3H3,(H,13,15). The summed E-state index contributed by atoms with van der Waals surface area (Å²) >= 11 is 1.63. The highest BCUT2D eigenvalue weighted by Gasteiger charge is 2.25. The molecule has 1 saturated heterocycles. The van der Waals surface area contributed by atoms with Crippen LogP contribution < -0.4 is 10.6 Å². The van der Waals surface area contributed by atoms with E-state index < -0.39 is 0 Å².